The van der Waals surface area contributed by atoms with Crippen molar-refractivity contribution in [1.29, 1.82) is 0 Å². The van der Waals surface area contributed by atoms with Crippen LogP contribution in [0.1, 0.15) is 0 Å². The van der Waals surface area contributed by atoms with E-state index in [4.69, 9.17) is 15.6 Å². The van der Waals surface area contributed by atoms with Gasteiger partial charge in [-0.3, -0.25) is 0 Å². The Morgan fingerprint density at radius 1 is 1.67 bits per heavy atom. The number of ether oxygens (including phenoxy) is 1. The maximum Gasteiger partial charge on any atom is 0.169 e. The minimum absolute atomic E-state index is 0.127. The monoisotopic (exact) mass is 235 g/mol. The lowest BCUT2D eigenvalue weighted by Gasteiger charge is -2.08. The van der Waals surface area contributed by atoms with Crippen LogP contribution in [-0.2, 0) is 0 Å². The van der Waals surface area contributed by atoms with E-state index in [2.05, 4.69) is 15.9 Å². The van der Waals surface area contributed by atoms with Crippen LogP contribution in [0.15, 0.2) is 10.5 Å². The lowest BCUT2D eigenvalue weighted by molar-refractivity contribution is 0.394. The molecule has 1 rings (SSSR count). The molecule has 0 heterocycles. The van der Waals surface area contributed by atoms with Crippen molar-refractivity contribution in [1.82, 2.24) is 0 Å². The zero-order valence-corrected chi connectivity index (χ0v) is 7.85. The molecule has 0 saturated carbocycles. The molecule has 12 heavy (non-hydrogen) atoms. The van der Waals surface area contributed by atoms with Gasteiger partial charge in [-0.2, -0.15) is 0 Å². The molecule has 0 aliphatic heterocycles. The second-order valence-electron chi connectivity index (χ2n) is 2.14. The number of anilines is 1. The summed E-state index contributed by atoms with van der Waals surface area (Å²) >= 11 is 2.95. The molecule has 0 radical (unpaired) electrons. The SMILES string of the molecule is COc1c(N)cc(F)c(O)c1Br. The van der Waals surface area contributed by atoms with Crippen LogP contribution in [0.5, 0.6) is 11.5 Å². The third-order valence-electron chi connectivity index (χ3n) is 1.38. The summed E-state index contributed by atoms with van der Waals surface area (Å²) in [5, 5.41) is 9.09. The van der Waals surface area contributed by atoms with Crippen molar-refractivity contribution in [2.24, 2.45) is 0 Å². The fourth-order valence-corrected chi connectivity index (χ4v) is 1.40. The first-order valence-electron chi connectivity index (χ1n) is 3.08. The van der Waals surface area contributed by atoms with Gasteiger partial charge in [0.1, 0.15) is 4.47 Å². The molecule has 0 aromatic heterocycles. The number of aromatic hydroxyl groups is 1. The molecule has 5 heteroatoms. The topological polar surface area (TPSA) is 55.5 Å². The Bertz CT molecular complexity index is 317. The molecule has 1 aromatic rings. The van der Waals surface area contributed by atoms with Gasteiger partial charge in [0.15, 0.2) is 17.3 Å². The van der Waals surface area contributed by atoms with Gasteiger partial charge in [-0.1, -0.05) is 0 Å². The molecule has 0 atom stereocenters. The largest absolute Gasteiger partial charge is 0.504 e. The van der Waals surface area contributed by atoms with Crippen molar-refractivity contribution in [2.75, 3.05) is 12.8 Å². The summed E-state index contributed by atoms with van der Waals surface area (Å²) in [7, 11) is 1.38. The highest BCUT2D eigenvalue weighted by Gasteiger charge is 2.14. The van der Waals surface area contributed by atoms with Gasteiger partial charge in [-0.15, -0.1) is 0 Å². The van der Waals surface area contributed by atoms with Gasteiger partial charge < -0.3 is 15.6 Å². The van der Waals surface area contributed by atoms with Gasteiger partial charge in [0, 0.05) is 6.07 Å². The molecule has 66 valence electrons. The molecule has 0 aliphatic rings. The smallest absolute Gasteiger partial charge is 0.169 e. The van der Waals surface area contributed by atoms with Gasteiger partial charge in [0.05, 0.1) is 12.8 Å². The molecule has 0 aliphatic carbocycles. The van der Waals surface area contributed by atoms with Crippen molar-refractivity contribution in [2.45, 2.75) is 0 Å². The lowest BCUT2D eigenvalue weighted by atomic mass is 10.2. The van der Waals surface area contributed by atoms with Gasteiger partial charge in [-0.05, 0) is 15.9 Å². The molecule has 0 fully saturated rings. The van der Waals surface area contributed by atoms with E-state index in [-0.39, 0.29) is 15.9 Å². The summed E-state index contributed by atoms with van der Waals surface area (Å²) in [5.74, 6) is -1.05. The van der Waals surface area contributed by atoms with E-state index < -0.39 is 11.6 Å². The van der Waals surface area contributed by atoms with Crippen LogP contribution >= 0.6 is 15.9 Å². The number of phenolic OH excluding ortho intramolecular Hbond substituents is 1. The van der Waals surface area contributed by atoms with Crippen molar-refractivity contribution < 1.29 is 14.2 Å². The molecule has 0 unspecified atom stereocenters. The summed E-state index contributed by atoms with van der Waals surface area (Å²) in [5.41, 5.74) is 5.53. The maximum absolute atomic E-state index is 12.7. The van der Waals surface area contributed by atoms with Gasteiger partial charge in [-0.25, -0.2) is 4.39 Å². The molecule has 1 aromatic carbocycles. The fraction of sp³-hybridized carbons (Fsp3) is 0.143. The molecule has 3 nitrogen and oxygen atoms in total. The van der Waals surface area contributed by atoms with E-state index >= 15 is 0 Å². The first-order valence-corrected chi connectivity index (χ1v) is 3.87. The van der Waals surface area contributed by atoms with Crippen LogP contribution in [-0.4, -0.2) is 12.2 Å². The van der Waals surface area contributed by atoms with Crippen LogP contribution in [0.4, 0.5) is 10.1 Å². The number of phenols is 1. The van der Waals surface area contributed by atoms with Crippen molar-refractivity contribution in [3.8, 4) is 11.5 Å². The molecule has 3 N–H and O–H groups in total. The van der Waals surface area contributed by atoms with Crippen LogP contribution in [0.25, 0.3) is 0 Å². The Labute approximate surface area is 77.1 Å². The summed E-state index contributed by atoms with van der Waals surface area (Å²) < 4.78 is 17.7. The molecular weight excluding hydrogens is 229 g/mol. The number of hydrogen-bond donors (Lipinski definition) is 2. The second kappa shape index (κ2) is 3.18. The van der Waals surface area contributed by atoms with E-state index in [0.29, 0.717) is 0 Å². The number of hydrogen-bond acceptors (Lipinski definition) is 3. The van der Waals surface area contributed by atoms with E-state index in [1.807, 2.05) is 0 Å². The van der Waals surface area contributed by atoms with Crippen molar-refractivity contribution in [3.63, 3.8) is 0 Å². The van der Waals surface area contributed by atoms with Crippen LogP contribution in [0, 0.1) is 5.82 Å². The number of benzene rings is 1. The summed E-state index contributed by atoms with van der Waals surface area (Å²) in [6, 6.07) is 0.999. The summed E-state index contributed by atoms with van der Waals surface area (Å²) in [6.45, 7) is 0. The van der Waals surface area contributed by atoms with Gasteiger partial charge in [0.25, 0.3) is 0 Å². The highest BCUT2D eigenvalue weighted by molar-refractivity contribution is 9.10. The third kappa shape index (κ3) is 1.32. The molecule has 0 saturated heterocycles. The minimum atomic E-state index is -0.778. The summed E-state index contributed by atoms with van der Waals surface area (Å²) in [4.78, 5) is 0. The number of nitrogens with two attached hydrogens (primary N) is 1. The van der Waals surface area contributed by atoms with E-state index in [0.717, 1.165) is 6.07 Å². The van der Waals surface area contributed by atoms with Crippen LogP contribution in [0.3, 0.4) is 0 Å². The summed E-state index contributed by atoms with van der Waals surface area (Å²) in [6.07, 6.45) is 0. The van der Waals surface area contributed by atoms with Crippen molar-refractivity contribution >= 4 is 21.6 Å². The van der Waals surface area contributed by atoms with E-state index in [1.165, 1.54) is 7.11 Å². The average Bonchev–Trinajstić information content (AvgIpc) is 2.01. The predicted molar refractivity (Wildman–Crippen MR) is 46.7 cm³/mol. The highest BCUT2D eigenvalue weighted by Crippen LogP contribution is 2.39. The Hall–Kier alpha value is -0.970. The quantitative estimate of drug-likeness (QED) is 0.578. The minimum Gasteiger partial charge on any atom is -0.504 e. The van der Waals surface area contributed by atoms with Gasteiger partial charge >= 0.3 is 0 Å². The van der Waals surface area contributed by atoms with Crippen LogP contribution < -0.4 is 10.5 Å². The number of nitrogen functional groups attached to an aromatic ring is 1. The van der Waals surface area contributed by atoms with Crippen molar-refractivity contribution in [3.05, 3.63) is 16.4 Å². The highest BCUT2D eigenvalue weighted by atomic mass is 79.9. The Morgan fingerprint density at radius 2 is 2.25 bits per heavy atom. The Morgan fingerprint density at radius 3 is 2.75 bits per heavy atom. The average molecular weight is 236 g/mol. The Kier molecular flexibility index (Phi) is 2.42. The lowest BCUT2D eigenvalue weighted by Crippen LogP contribution is -1.95. The number of rotatable bonds is 1. The maximum atomic E-state index is 12.7. The molecular formula is C7H7BrFNO2. The van der Waals surface area contributed by atoms with Gasteiger partial charge in [0.2, 0.25) is 0 Å². The first-order chi connectivity index (χ1) is 5.57. The Balaban J connectivity index is 3.40. The number of halogens is 2. The predicted octanol–water partition coefficient (Wildman–Crippen LogP) is 1.88. The first kappa shape index (κ1) is 9.12. The zero-order valence-electron chi connectivity index (χ0n) is 6.27. The molecule has 0 spiro atoms. The molecule has 0 amide bonds. The number of methoxy groups -OCH3 is 1. The standard InChI is InChI=1S/C7H7BrFNO2/c1-12-7-4(10)2-3(9)6(11)5(7)8/h2,11H,10H2,1H3. The zero-order chi connectivity index (χ0) is 9.30. The fourth-order valence-electron chi connectivity index (χ4n) is 0.817. The molecule has 0 bridgehead atoms. The second-order valence-corrected chi connectivity index (χ2v) is 2.94. The third-order valence-corrected chi connectivity index (χ3v) is 2.12. The van der Waals surface area contributed by atoms with E-state index in [1.54, 1.807) is 0 Å². The van der Waals surface area contributed by atoms with Crippen LogP contribution in [0.2, 0.25) is 0 Å². The normalized spacial score (nSPS) is 9.92. The van der Waals surface area contributed by atoms with E-state index in [9.17, 15) is 4.39 Å².